The third-order valence-corrected chi connectivity index (χ3v) is 7.85. The van der Waals surface area contributed by atoms with Crippen molar-refractivity contribution in [1.29, 1.82) is 0 Å². The molecule has 224 valence electrons. The van der Waals surface area contributed by atoms with Crippen molar-refractivity contribution in [2.24, 2.45) is 11.1 Å². The first-order valence-electron chi connectivity index (χ1n) is 14.2. The molecule has 0 unspecified atom stereocenters. The van der Waals surface area contributed by atoms with E-state index in [4.69, 9.17) is 19.9 Å². The number of hydrogen-bond acceptors (Lipinski definition) is 7. The fourth-order valence-electron chi connectivity index (χ4n) is 4.91. The number of pyridine rings is 1. The SMILES string of the molecule is COc1cc2c(Oc3ccc(N(C(=O)C4(C(N)=O)CC4)c4ccc(F)cc4)cc3)ccnc2cc1OCCCCCCS. The van der Waals surface area contributed by atoms with E-state index in [0.29, 0.717) is 59.3 Å². The van der Waals surface area contributed by atoms with Gasteiger partial charge in [0.05, 0.1) is 19.2 Å². The number of anilines is 2. The van der Waals surface area contributed by atoms with Crippen molar-refractivity contribution in [3.63, 3.8) is 0 Å². The number of primary amides is 1. The summed E-state index contributed by atoms with van der Waals surface area (Å²) in [5, 5.41) is 0.741. The molecule has 1 saturated carbocycles. The van der Waals surface area contributed by atoms with Crippen molar-refractivity contribution < 1.29 is 28.2 Å². The molecule has 1 aromatic heterocycles. The number of carbonyl (C=O) groups excluding carboxylic acids is 2. The predicted octanol–water partition coefficient (Wildman–Crippen LogP) is 6.97. The summed E-state index contributed by atoms with van der Waals surface area (Å²) in [6.45, 7) is 0.578. The zero-order valence-corrected chi connectivity index (χ0v) is 24.8. The number of amides is 2. The molecule has 3 aromatic carbocycles. The van der Waals surface area contributed by atoms with Gasteiger partial charge in [-0.2, -0.15) is 12.6 Å². The number of fused-ring (bicyclic) bond motifs is 1. The molecule has 8 nitrogen and oxygen atoms in total. The lowest BCUT2D eigenvalue weighted by atomic mass is 10.0. The second-order valence-electron chi connectivity index (χ2n) is 10.5. The number of thiol groups is 1. The average Bonchev–Trinajstić information content (AvgIpc) is 3.83. The van der Waals surface area contributed by atoms with Gasteiger partial charge in [0.1, 0.15) is 22.7 Å². The Balaban J connectivity index is 1.37. The van der Waals surface area contributed by atoms with Crippen LogP contribution in [-0.2, 0) is 9.59 Å². The summed E-state index contributed by atoms with van der Waals surface area (Å²) in [6.07, 6.45) is 6.65. The van der Waals surface area contributed by atoms with Crippen molar-refractivity contribution in [2.75, 3.05) is 24.4 Å². The Morgan fingerprint density at radius 2 is 1.60 bits per heavy atom. The first-order valence-corrected chi connectivity index (χ1v) is 14.9. The number of nitrogens with two attached hydrogens (primary N) is 1. The maximum absolute atomic E-state index is 13.7. The summed E-state index contributed by atoms with van der Waals surface area (Å²) in [6, 6.07) is 17.8. The molecule has 0 bridgehead atoms. The molecular weight excluding hydrogens is 569 g/mol. The van der Waals surface area contributed by atoms with Crippen LogP contribution in [0.3, 0.4) is 0 Å². The number of hydrogen-bond donors (Lipinski definition) is 2. The van der Waals surface area contributed by atoms with Crippen LogP contribution in [0.2, 0.25) is 0 Å². The third kappa shape index (κ3) is 6.69. The maximum Gasteiger partial charge on any atom is 0.247 e. The molecule has 2 N–H and O–H groups in total. The van der Waals surface area contributed by atoms with E-state index >= 15 is 0 Å². The number of rotatable bonds is 14. The topological polar surface area (TPSA) is 104 Å². The Morgan fingerprint density at radius 3 is 2.23 bits per heavy atom. The van der Waals surface area contributed by atoms with Gasteiger partial charge in [0.25, 0.3) is 0 Å². The molecule has 1 aliphatic rings. The number of unbranched alkanes of at least 4 members (excludes halogenated alkanes) is 3. The normalized spacial score (nSPS) is 13.4. The summed E-state index contributed by atoms with van der Waals surface area (Å²) < 4.78 is 31.5. The van der Waals surface area contributed by atoms with Gasteiger partial charge in [-0.1, -0.05) is 12.8 Å². The van der Waals surface area contributed by atoms with Gasteiger partial charge < -0.3 is 19.9 Å². The van der Waals surface area contributed by atoms with Crippen molar-refractivity contribution in [2.45, 2.75) is 38.5 Å². The van der Waals surface area contributed by atoms with Crippen LogP contribution in [0.15, 0.2) is 72.9 Å². The van der Waals surface area contributed by atoms with Crippen LogP contribution < -0.4 is 24.8 Å². The Morgan fingerprint density at radius 1 is 0.930 bits per heavy atom. The lowest BCUT2D eigenvalue weighted by Crippen LogP contribution is -2.41. The Labute approximate surface area is 255 Å². The number of methoxy groups -OCH3 is 1. The van der Waals surface area contributed by atoms with E-state index in [1.807, 2.05) is 12.1 Å². The Hall–Kier alpha value is -4.31. The van der Waals surface area contributed by atoms with E-state index in [1.165, 1.54) is 29.2 Å². The number of ether oxygens (including phenoxy) is 3. The van der Waals surface area contributed by atoms with E-state index in [1.54, 1.807) is 43.6 Å². The third-order valence-electron chi connectivity index (χ3n) is 7.54. The average molecular weight is 604 g/mol. The van der Waals surface area contributed by atoms with Crippen molar-refractivity contribution in [1.82, 2.24) is 4.98 Å². The van der Waals surface area contributed by atoms with Crippen LogP contribution >= 0.6 is 12.6 Å². The van der Waals surface area contributed by atoms with Crippen LogP contribution in [-0.4, -0.2) is 36.3 Å². The molecule has 5 rings (SSSR count). The second-order valence-corrected chi connectivity index (χ2v) is 10.9. The molecule has 10 heteroatoms. The summed E-state index contributed by atoms with van der Waals surface area (Å²) in [5.74, 6) is 1.62. The summed E-state index contributed by atoms with van der Waals surface area (Å²) >= 11 is 4.25. The van der Waals surface area contributed by atoms with Crippen molar-refractivity contribution >= 4 is 46.7 Å². The molecule has 1 aliphatic carbocycles. The fraction of sp³-hybridized carbons (Fsp3) is 0.303. The summed E-state index contributed by atoms with van der Waals surface area (Å²) in [4.78, 5) is 31.6. The lowest BCUT2D eigenvalue weighted by molar-refractivity contribution is -0.133. The first kappa shape index (κ1) is 30.2. The van der Waals surface area contributed by atoms with Gasteiger partial charge >= 0.3 is 0 Å². The molecule has 0 saturated heterocycles. The molecular formula is C33H34FN3O5S. The number of carbonyl (C=O) groups is 2. The number of aromatic nitrogens is 1. The largest absolute Gasteiger partial charge is 0.493 e. The van der Waals surface area contributed by atoms with E-state index in [-0.39, 0.29) is 0 Å². The standard InChI is InChI=1S/C33H34FN3O5S/c1-40-29-20-26-27(21-30(29)41-18-4-2-3-5-19-43)36-17-14-28(26)42-25-12-10-24(11-13-25)37(23-8-6-22(34)7-9-23)32(39)33(15-16-33)31(35)38/h6-14,17,20-21,43H,2-5,15-16,18-19H2,1H3,(H2,35,38). The zero-order chi connectivity index (χ0) is 30.4. The number of nitrogens with zero attached hydrogens (tertiary/aromatic N) is 2. The molecule has 1 fully saturated rings. The highest BCUT2D eigenvalue weighted by molar-refractivity contribution is 7.80. The van der Waals surface area contributed by atoms with Crippen LogP contribution in [0.1, 0.15) is 38.5 Å². The summed E-state index contributed by atoms with van der Waals surface area (Å²) in [5.41, 5.74) is 5.94. The lowest BCUT2D eigenvalue weighted by Gasteiger charge is -2.26. The van der Waals surface area contributed by atoms with Crippen LogP contribution in [0.4, 0.5) is 15.8 Å². The predicted molar refractivity (Wildman–Crippen MR) is 167 cm³/mol. The zero-order valence-electron chi connectivity index (χ0n) is 23.9. The Kier molecular flexibility index (Phi) is 9.35. The van der Waals surface area contributed by atoms with Crippen molar-refractivity contribution in [3.8, 4) is 23.0 Å². The first-order chi connectivity index (χ1) is 20.9. The molecule has 0 radical (unpaired) electrons. The highest BCUT2D eigenvalue weighted by Crippen LogP contribution is 2.49. The van der Waals surface area contributed by atoms with E-state index in [0.717, 1.165) is 36.8 Å². The molecule has 0 aliphatic heterocycles. The highest BCUT2D eigenvalue weighted by atomic mass is 32.1. The quantitative estimate of drug-likeness (QED) is 0.0916. The van der Waals surface area contributed by atoms with Crippen molar-refractivity contribution in [3.05, 3.63) is 78.7 Å². The Bertz CT molecular complexity index is 1590. The van der Waals surface area contributed by atoms with E-state index in [2.05, 4.69) is 17.6 Å². The van der Waals surface area contributed by atoms with Crippen LogP contribution in [0, 0.1) is 11.2 Å². The van der Waals surface area contributed by atoms with Gasteiger partial charge in [-0.15, -0.1) is 0 Å². The van der Waals surface area contributed by atoms with Gasteiger partial charge in [-0.05, 0) is 92.1 Å². The maximum atomic E-state index is 13.7. The monoisotopic (exact) mass is 603 g/mol. The number of halogens is 1. The number of benzene rings is 3. The van der Waals surface area contributed by atoms with Gasteiger partial charge in [0, 0.05) is 29.0 Å². The van der Waals surface area contributed by atoms with Gasteiger partial charge in [-0.25, -0.2) is 4.39 Å². The minimum absolute atomic E-state index is 0.377. The van der Waals surface area contributed by atoms with Gasteiger partial charge in [-0.3, -0.25) is 19.5 Å². The molecule has 0 spiro atoms. The molecule has 43 heavy (non-hydrogen) atoms. The molecule has 2 amide bonds. The van der Waals surface area contributed by atoms with Crippen LogP contribution in [0.5, 0.6) is 23.0 Å². The van der Waals surface area contributed by atoms with Gasteiger partial charge in [0.15, 0.2) is 11.5 Å². The summed E-state index contributed by atoms with van der Waals surface area (Å²) in [7, 11) is 1.59. The van der Waals surface area contributed by atoms with E-state index in [9.17, 15) is 14.0 Å². The second kappa shape index (κ2) is 13.3. The minimum Gasteiger partial charge on any atom is -0.493 e. The van der Waals surface area contributed by atoms with Crippen LogP contribution in [0.25, 0.3) is 10.9 Å². The van der Waals surface area contributed by atoms with Gasteiger partial charge in [0.2, 0.25) is 11.8 Å². The van der Waals surface area contributed by atoms with E-state index < -0.39 is 23.0 Å². The fourth-order valence-corrected chi connectivity index (χ4v) is 5.13. The molecule has 0 atom stereocenters. The smallest absolute Gasteiger partial charge is 0.247 e. The molecule has 4 aromatic rings. The molecule has 1 heterocycles. The highest BCUT2D eigenvalue weighted by Gasteiger charge is 2.57. The minimum atomic E-state index is -1.26.